The molecule has 0 aliphatic rings. The second-order valence-corrected chi connectivity index (χ2v) is 3.71. The number of aliphatic imine (C=N–C) groups is 2. The topological polar surface area (TPSA) is 255 Å². The van der Waals surface area contributed by atoms with Crippen molar-refractivity contribution in [3.05, 3.63) is 0 Å². The van der Waals surface area contributed by atoms with Gasteiger partial charge in [0.15, 0.2) is 0 Å². The number of rotatable bonds is 6. The highest BCUT2D eigenvalue weighted by molar-refractivity contribution is 5.91. The normalized spacial score (nSPS) is 7.68. The standard InChI is InChI=1S/C7H10N2O2.2C2H5N3O2/c10-6-8-4-2-1-3-5-9-7-11;2*3-1(6)5-2(4)7/h1-5H2;2*(H5,3,4,5,6,7). The van der Waals surface area contributed by atoms with Gasteiger partial charge in [-0.1, -0.05) is 0 Å². The highest BCUT2D eigenvalue weighted by Crippen LogP contribution is 1.94. The molecular formula is C11H20N8O6. The predicted molar refractivity (Wildman–Crippen MR) is 84.4 cm³/mol. The second kappa shape index (κ2) is 20.2. The Balaban J connectivity index is -0.000000304. The number of hydrogen-bond acceptors (Lipinski definition) is 8. The first kappa shape index (κ1) is 26.2. The summed E-state index contributed by atoms with van der Waals surface area (Å²) in [5.74, 6) is 0. The molecule has 0 aromatic carbocycles. The summed E-state index contributed by atoms with van der Waals surface area (Å²) in [7, 11) is 0. The Morgan fingerprint density at radius 1 is 0.640 bits per heavy atom. The highest BCUT2D eigenvalue weighted by atomic mass is 16.2. The number of nitrogens with two attached hydrogens (primary N) is 4. The summed E-state index contributed by atoms with van der Waals surface area (Å²) in [6, 6.07) is -3.75. The summed E-state index contributed by atoms with van der Waals surface area (Å²) in [5, 5.41) is 3.17. The number of amides is 8. The zero-order chi connectivity index (χ0) is 20.1. The van der Waals surface area contributed by atoms with E-state index in [0.29, 0.717) is 13.1 Å². The fourth-order valence-electron chi connectivity index (χ4n) is 0.893. The van der Waals surface area contributed by atoms with E-state index in [4.69, 9.17) is 0 Å². The lowest BCUT2D eigenvalue weighted by Gasteiger charge is -1.90. The quantitative estimate of drug-likeness (QED) is 0.182. The van der Waals surface area contributed by atoms with E-state index in [0.717, 1.165) is 19.3 Å². The molecule has 8 amide bonds. The molecule has 0 aliphatic carbocycles. The van der Waals surface area contributed by atoms with Gasteiger partial charge < -0.3 is 22.9 Å². The molecule has 140 valence electrons. The molecular weight excluding hydrogens is 340 g/mol. The van der Waals surface area contributed by atoms with Gasteiger partial charge in [0.2, 0.25) is 12.2 Å². The molecule has 14 nitrogen and oxygen atoms in total. The first-order chi connectivity index (χ1) is 11.7. The maximum atomic E-state index is 9.62. The molecule has 0 aromatic heterocycles. The summed E-state index contributed by atoms with van der Waals surface area (Å²) in [4.78, 5) is 64.4. The van der Waals surface area contributed by atoms with E-state index < -0.39 is 24.1 Å². The number of urea groups is 4. The maximum Gasteiger partial charge on any atom is 0.320 e. The summed E-state index contributed by atoms with van der Waals surface area (Å²) in [5.41, 5.74) is 17.8. The molecule has 0 aromatic rings. The molecule has 0 fully saturated rings. The molecule has 0 spiro atoms. The van der Waals surface area contributed by atoms with Crippen LogP contribution in [0.1, 0.15) is 19.3 Å². The minimum absolute atomic E-state index is 0.522. The van der Waals surface area contributed by atoms with Gasteiger partial charge in [0.05, 0.1) is 13.1 Å². The molecule has 0 bridgehead atoms. The van der Waals surface area contributed by atoms with Crippen molar-refractivity contribution in [2.45, 2.75) is 19.3 Å². The van der Waals surface area contributed by atoms with Crippen molar-refractivity contribution >= 4 is 36.3 Å². The molecule has 0 radical (unpaired) electrons. The largest absolute Gasteiger partial charge is 0.351 e. The molecule has 25 heavy (non-hydrogen) atoms. The minimum atomic E-state index is -0.938. The second-order valence-electron chi connectivity index (χ2n) is 3.71. The van der Waals surface area contributed by atoms with Gasteiger partial charge in [0.25, 0.3) is 0 Å². The Bertz CT molecular complexity index is 455. The molecule has 0 saturated carbocycles. The van der Waals surface area contributed by atoms with Gasteiger partial charge in [-0.2, -0.15) is 0 Å². The van der Waals surface area contributed by atoms with Crippen LogP contribution in [0.2, 0.25) is 0 Å². The lowest BCUT2D eigenvalue weighted by molar-refractivity contribution is 0.235. The zero-order valence-electron chi connectivity index (χ0n) is 13.2. The predicted octanol–water partition coefficient (Wildman–Crippen LogP) is -1.70. The van der Waals surface area contributed by atoms with Gasteiger partial charge in [-0.15, -0.1) is 0 Å². The first-order valence-electron chi connectivity index (χ1n) is 6.46. The Morgan fingerprint density at radius 2 is 0.920 bits per heavy atom. The molecule has 0 aliphatic heterocycles. The van der Waals surface area contributed by atoms with Crippen LogP contribution in [-0.2, 0) is 9.59 Å². The molecule has 0 rings (SSSR count). The van der Waals surface area contributed by atoms with E-state index in [9.17, 15) is 28.8 Å². The Kier molecular flexibility index (Phi) is 21.2. The van der Waals surface area contributed by atoms with Gasteiger partial charge in [-0.3, -0.25) is 10.6 Å². The Hall–Kier alpha value is -3.76. The van der Waals surface area contributed by atoms with Gasteiger partial charge in [-0.05, 0) is 19.3 Å². The van der Waals surface area contributed by atoms with Crippen LogP contribution in [0.25, 0.3) is 0 Å². The molecule has 14 heteroatoms. The van der Waals surface area contributed by atoms with Crippen LogP contribution < -0.4 is 33.6 Å². The third-order valence-electron chi connectivity index (χ3n) is 1.66. The number of carbonyl (C=O) groups is 4. The number of unbranched alkanes of at least 4 members (excludes halogenated alkanes) is 2. The van der Waals surface area contributed by atoms with E-state index in [2.05, 4.69) is 32.9 Å². The average Bonchev–Trinajstić information content (AvgIpc) is 2.45. The molecule has 10 N–H and O–H groups in total. The van der Waals surface area contributed by atoms with E-state index in [1.165, 1.54) is 12.2 Å². The molecule has 0 heterocycles. The van der Waals surface area contributed by atoms with Crippen molar-refractivity contribution < 1.29 is 28.8 Å². The van der Waals surface area contributed by atoms with Gasteiger partial charge in [0.1, 0.15) is 0 Å². The lowest BCUT2D eigenvalue weighted by atomic mass is 10.2. The van der Waals surface area contributed by atoms with Crippen molar-refractivity contribution in [1.82, 2.24) is 10.6 Å². The van der Waals surface area contributed by atoms with E-state index in [-0.39, 0.29) is 0 Å². The van der Waals surface area contributed by atoms with Gasteiger partial charge >= 0.3 is 24.1 Å². The van der Waals surface area contributed by atoms with E-state index >= 15 is 0 Å². The number of imide groups is 2. The van der Waals surface area contributed by atoms with Crippen LogP contribution >= 0.6 is 0 Å². The van der Waals surface area contributed by atoms with Crippen molar-refractivity contribution in [1.29, 1.82) is 0 Å². The Labute approximate surface area is 142 Å². The molecule has 0 saturated heterocycles. The van der Waals surface area contributed by atoms with Crippen LogP contribution in [0, 0.1) is 0 Å². The SMILES string of the molecule is NC(=O)NC(N)=O.NC(=O)NC(N)=O.O=C=NCCCCCN=C=O. The summed E-state index contributed by atoms with van der Waals surface area (Å²) in [6.07, 6.45) is 5.55. The van der Waals surface area contributed by atoms with E-state index in [1.807, 2.05) is 0 Å². The van der Waals surface area contributed by atoms with Crippen molar-refractivity contribution in [3.63, 3.8) is 0 Å². The summed E-state index contributed by atoms with van der Waals surface area (Å²) in [6.45, 7) is 1.04. The number of nitrogens with zero attached hydrogens (tertiary/aromatic N) is 2. The van der Waals surface area contributed by atoms with Gasteiger partial charge in [-0.25, -0.2) is 38.8 Å². The number of carbonyl (C=O) groups excluding carboxylic acids is 6. The van der Waals surface area contributed by atoms with Crippen LogP contribution in [0.15, 0.2) is 9.98 Å². The molecule has 0 atom stereocenters. The van der Waals surface area contributed by atoms with Crippen molar-refractivity contribution in [3.8, 4) is 0 Å². The number of hydrogen-bond donors (Lipinski definition) is 6. The van der Waals surface area contributed by atoms with Crippen molar-refractivity contribution in [2.24, 2.45) is 32.9 Å². The highest BCUT2D eigenvalue weighted by Gasteiger charge is 1.92. The fraction of sp³-hybridized carbons (Fsp3) is 0.455. The minimum Gasteiger partial charge on any atom is -0.351 e. The van der Waals surface area contributed by atoms with Crippen LogP contribution in [-0.4, -0.2) is 49.4 Å². The van der Waals surface area contributed by atoms with Crippen molar-refractivity contribution in [2.75, 3.05) is 13.1 Å². The van der Waals surface area contributed by atoms with E-state index in [1.54, 1.807) is 10.6 Å². The van der Waals surface area contributed by atoms with Crippen LogP contribution in [0.5, 0.6) is 0 Å². The first-order valence-corrected chi connectivity index (χ1v) is 6.46. The summed E-state index contributed by atoms with van der Waals surface area (Å²) >= 11 is 0. The fourth-order valence-corrected chi connectivity index (χ4v) is 0.893. The maximum absolute atomic E-state index is 9.62. The average molecular weight is 360 g/mol. The zero-order valence-corrected chi connectivity index (χ0v) is 13.2. The van der Waals surface area contributed by atoms with Crippen LogP contribution in [0.4, 0.5) is 19.2 Å². The monoisotopic (exact) mass is 360 g/mol. The smallest absolute Gasteiger partial charge is 0.320 e. The number of primary amides is 4. The van der Waals surface area contributed by atoms with Crippen LogP contribution in [0.3, 0.4) is 0 Å². The number of nitrogens with one attached hydrogen (secondary N) is 2. The third kappa shape index (κ3) is 44.9. The lowest BCUT2D eigenvalue weighted by Crippen LogP contribution is -2.38. The summed E-state index contributed by atoms with van der Waals surface area (Å²) < 4.78 is 0. The number of isocyanates is 2. The van der Waals surface area contributed by atoms with Gasteiger partial charge in [0, 0.05) is 0 Å². The third-order valence-corrected chi connectivity index (χ3v) is 1.66. The molecule has 0 unspecified atom stereocenters. The Morgan fingerprint density at radius 3 is 1.08 bits per heavy atom.